The summed E-state index contributed by atoms with van der Waals surface area (Å²) in [5.41, 5.74) is 2.24. The lowest BCUT2D eigenvalue weighted by molar-refractivity contribution is 0.794. The standard InChI is InChI=1S/C16H25N5S2/c1-6-17-16(19-9-15-21-11(3)13(5)23-15)18-8-7-14-20-10(2)12(4)22-14/h6-9H2,1-5H3,(H2,17,18,19). The molecule has 0 atom stereocenters. The first-order chi connectivity index (χ1) is 11.0. The van der Waals surface area contributed by atoms with Crippen LogP contribution in [0.2, 0.25) is 0 Å². The number of hydrogen-bond donors (Lipinski definition) is 2. The number of aromatic nitrogens is 2. The monoisotopic (exact) mass is 351 g/mol. The summed E-state index contributed by atoms with van der Waals surface area (Å²) in [5.74, 6) is 0.836. The quantitative estimate of drug-likeness (QED) is 0.620. The van der Waals surface area contributed by atoms with Gasteiger partial charge in [0.2, 0.25) is 0 Å². The van der Waals surface area contributed by atoms with E-state index in [0.29, 0.717) is 6.54 Å². The fourth-order valence-electron chi connectivity index (χ4n) is 2.03. The lowest BCUT2D eigenvalue weighted by atomic mass is 10.4. The Morgan fingerprint density at radius 3 is 2.09 bits per heavy atom. The fraction of sp³-hybridized carbons (Fsp3) is 0.562. The van der Waals surface area contributed by atoms with Crippen molar-refractivity contribution >= 4 is 28.6 Å². The highest BCUT2D eigenvalue weighted by molar-refractivity contribution is 7.11. The number of thiazole rings is 2. The molecule has 23 heavy (non-hydrogen) atoms. The van der Waals surface area contributed by atoms with Crippen molar-refractivity contribution < 1.29 is 0 Å². The van der Waals surface area contributed by atoms with Gasteiger partial charge in [-0.25, -0.2) is 15.0 Å². The van der Waals surface area contributed by atoms with E-state index in [4.69, 9.17) is 0 Å². The van der Waals surface area contributed by atoms with E-state index in [9.17, 15) is 0 Å². The van der Waals surface area contributed by atoms with Gasteiger partial charge in [0, 0.05) is 29.3 Å². The second-order valence-electron chi connectivity index (χ2n) is 5.37. The highest BCUT2D eigenvalue weighted by atomic mass is 32.1. The first-order valence-electron chi connectivity index (χ1n) is 7.87. The van der Waals surface area contributed by atoms with Gasteiger partial charge in [-0.3, -0.25) is 0 Å². The first-order valence-corrected chi connectivity index (χ1v) is 9.51. The molecule has 0 spiro atoms. The molecule has 5 nitrogen and oxygen atoms in total. The molecule has 2 heterocycles. The minimum absolute atomic E-state index is 0.615. The molecule has 0 aliphatic carbocycles. The largest absolute Gasteiger partial charge is 0.357 e. The number of guanidine groups is 1. The van der Waals surface area contributed by atoms with E-state index in [-0.39, 0.29) is 0 Å². The van der Waals surface area contributed by atoms with Crippen LogP contribution in [0.5, 0.6) is 0 Å². The van der Waals surface area contributed by atoms with Crippen molar-refractivity contribution in [2.24, 2.45) is 4.99 Å². The van der Waals surface area contributed by atoms with E-state index in [1.54, 1.807) is 22.7 Å². The molecular formula is C16H25N5S2. The van der Waals surface area contributed by atoms with Crippen molar-refractivity contribution in [1.82, 2.24) is 20.6 Å². The summed E-state index contributed by atoms with van der Waals surface area (Å²) < 4.78 is 0. The number of nitrogens with one attached hydrogen (secondary N) is 2. The number of nitrogens with zero attached hydrogens (tertiary/aromatic N) is 3. The van der Waals surface area contributed by atoms with Gasteiger partial charge in [-0.15, -0.1) is 22.7 Å². The van der Waals surface area contributed by atoms with Gasteiger partial charge in [-0.05, 0) is 34.6 Å². The maximum atomic E-state index is 4.62. The van der Waals surface area contributed by atoms with Crippen LogP contribution in [0.25, 0.3) is 0 Å². The summed E-state index contributed by atoms with van der Waals surface area (Å²) in [6.45, 7) is 12.7. The Morgan fingerprint density at radius 1 is 0.957 bits per heavy atom. The van der Waals surface area contributed by atoms with Gasteiger partial charge >= 0.3 is 0 Å². The Morgan fingerprint density at radius 2 is 1.57 bits per heavy atom. The zero-order valence-corrected chi connectivity index (χ0v) is 16.1. The summed E-state index contributed by atoms with van der Waals surface area (Å²) in [6.07, 6.45) is 0.916. The molecule has 0 amide bonds. The highest BCUT2D eigenvalue weighted by Gasteiger charge is 2.05. The average molecular weight is 352 g/mol. The minimum atomic E-state index is 0.615. The van der Waals surface area contributed by atoms with Gasteiger partial charge in [-0.2, -0.15) is 0 Å². The van der Waals surface area contributed by atoms with Crippen LogP contribution in [0.15, 0.2) is 4.99 Å². The third-order valence-corrected chi connectivity index (χ3v) is 5.68. The maximum Gasteiger partial charge on any atom is 0.191 e. The van der Waals surface area contributed by atoms with Gasteiger partial charge in [0.25, 0.3) is 0 Å². The van der Waals surface area contributed by atoms with Crippen LogP contribution in [0.4, 0.5) is 0 Å². The van der Waals surface area contributed by atoms with Crippen molar-refractivity contribution in [2.75, 3.05) is 13.1 Å². The molecule has 0 aliphatic rings. The van der Waals surface area contributed by atoms with Crippen LogP contribution in [-0.4, -0.2) is 29.0 Å². The Kier molecular flexibility index (Phi) is 6.53. The lowest BCUT2D eigenvalue weighted by Gasteiger charge is -2.10. The van der Waals surface area contributed by atoms with Crippen LogP contribution in [0, 0.1) is 27.7 Å². The normalized spacial score (nSPS) is 11.8. The molecule has 0 saturated carbocycles. The van der Waals surface area contributed by atoms with E-state index in [1.165, 1.54) is 14.8 Å². The van der Waals surface area contributed by atoms with Gasteiger partial charge < -0.3 is 10.6 Å². The molecule has 0 aromatic carbocycles. The summed E-state index contributed by atoms with van der Waals surface area (Å²) >= 11 is 3.49. The average Bonchev–Trinajstić information content (AvgIpc) is 2.99. The molecule has 0 fully saturated rings. The maximum absolute atomic E-state index is 4.62. The van der Waals surface area contributed by atoms with E-state index >= 15 is 0 Å². The summed E-state index contributed by atoms with van der Waals surface area (Å²) in [6, 6.07) is 0. The van der Waals surface area contributed by atoms with Crippen molar-refractivity contribution in [2.45, 2.75) is 47.6 Å². The van der Waals surface area contributed by atoms with Crippen LogP contribution in [0.1, 0.15) is 38.1 Å². The lowest BCUT2D eigenvalue weighted by Crippen LogP contribution is -2.38. The Hall–Kier alpha value is -1.47. The molecule has 7 heteroatoms. The Balaban J connectivity index is 1.88. The van der Waals surface area contributed by atoms with E-state index in [1.807, 2.05) is 6.92 Å². The molecule has 2 N–H and O–H groups in total. The molecule has 0 bridgehead atoms. The predicted octanol–water partition coefficient (Wildman–Crippen LogP) is 3.13. The zero-order valence-electron chi connectivity index (χ0n) is 14.5. The number of rotatable bonds is 6. The van der Waals surface area contributed by atoms with Gasteiger partial charge in [0.05, 0.1) is 22.9 Å². The van der Waals surface area contributed by atoms with Crippen molar-refractivity contribution in [3.8, 4) is 0 Å². The van der Waals surface area contributed by atoms with Gasteiger partial charge in [0.15, 0.2) is 5.96 Å². The second kappa shape index (κ2) is 8.40. The van der Waals surface area contributed by atoms with E-state index in [2.05, 4.69) is 53.3 Å². The van der Waals surface area contributed by atoms with Crippen LogP contribution >= 0.6 is 22.7 Å². The van der Waals surface area contributed by atoms with Crippen molar-refractivity contribution in [3.63, 3.8) is 0 Å². The molecular weight excluding hydrogens is 326 g/mol. The first kappa shape index (κ1) is 17.9. The molecule has 0 radical (unpaired) electrons. The topological polar surface area (TPSA) is 62.2 Å². The van der Waals surface area contributed by atoms with Crippen LogP contribution in [-0.2, 0) is 13.0 Å². The Bertz CT molecular complexity index is 633. The minimum Gasteiger partial charge on any atom is -0.357 e. The molecule has 126 valence electrons. The summed E-state index contributed by atoms with van der Waals surface area (Å²) in [4.78, 5) is 16.3. The molecule has 0 aliphatic heterocycles. The van der Waals surface area contributed by atoms with Crippen molar-refractivity contribution in [1.29, 1.82) is 0 Å². The molecule has 2 aromatic rings. The third kappa shape index (κ3) is 5.28. The van der Waals surface area contributed by atoms with Crippen molar-refractivity contribution in [3.05, 3.63) is 31.2 Å². The van der Waals surface area contributed by atoms with E-state index < -0.39 is 0 Å². The predicted molar refractivity (Wildman–Crippen MR) is 99.7 cm³/mol. The zero-order chi connectivity index (χ0) is 16.8. The number of aryl methyl sites for hydroxylation is 4. The molecule has 2 aromatic heterocycles. The number of hydrogen-bond acceptors (Lipinski definition) is 5. The highest BCUT2D eigenvalue weighted by Crippen LogP contribution is 2.17. The summed E-state index contributed by atoms with van der Waals surface area (Å²) in [7, 11) is 0. The molecule has 0 unspecified atom stereocenters. The second-order valence-corrected chi connectivity index (χ2v) is 7.95. The SMILES string of the molecule is CCNC(=NCc1nc(C)c(C)s1)NCCc1nc(C)c(C)s1. The van der Waals surface area contributed by atoms with Gasteiger partial charge in [-0.1, -0.05) is 0 Å². The van der Waals surface area contributed by atoms with Crippen LogP contribution < -0.4 is 10.6 Å². The molecule has 2 rings (SSSR count). The smallest absolute Gasteiger partial charge is 0.191 e. The number of aliphatic imine (C=N–C) groups is 1. The Labute approximate surface area is 146 Å². The fourth-order valence-corrected chi connectivity index (χ4v) is 3.82. The summed E-state index contributed by atoms with van der Waals surface area (Å²) in [5, 5.41) is 8.88. The van der Waals surface area contributed by atoms with Crippen LogP contribution in [0.3, 0.4) is 0 Å². The molecule has 0 saturated heterocycles. The van der Waals surface area contributed by atoms with E-state index in [0.717, 1.165) is 41.9 Å². The van der Waals surface area contributed by atoms with Gasteiger partial charge in [0.1, 0.15) is 5.01 Å². The third-order valence-electron chi connectivity index (χ3n) is 3.49.